The highest BCUT2D eigenvalue weighted by molar-refractivity contribution is 6.35. The molecule has 120 valence electrons. The molecule has 5 nitrogen and oxygen atoms in total. The molecule has 0 fully saturated rings. The Morgan fingerprint density at radius 1 is 1.26 bits per heavy atom. The number of benzene rings is 2. The van der Waals surface area contributed by atoms with Crippen LogP contribution in [0, 0.1) is 17.0 Å². The Morgan fingerprint density at radius 3 is 2.65 bits per heavy atom. The van der Waals surface area contributed by atoms with Gasteiger partial charge in [0.1, 0.15) is 0 Å². The van der Waals surface area contributed by atoms with Gasteiger partial charge in [-0.1, -0.05) is 35.3 Å². The van der Waals surface area contributed by atoms with E-state index in [1.54, 1.807) is 31.2 Å². The summed E-state index contributed by atoms with van der Waals surface area (Å²) in [5, 5.41) is 14.6. The molecule has 0 heterocycles. The van der Waals surface area contributed by atoms with E-state index in [4.69, 9.17) is 23.2 Å². The lowest BCUT2D eigenvalue weighted by molar-refractivity contribution is -0.385. The van der Waals surface area contributed by atoms with Crippen LogP contribution >= 0.6 is 23.2 Å². The molecule has 0 aliphatic heterocycles. The van der Waals surface area contributed by atoms with Crippen molar-refractivity contribution in [3.05, 3.63) is 67.7 Å². The van der Waals surface area contributed by atoms with Gasteiger partial charge in [-0.25, -0.2) is 0 Å². The van der Waals surface area contributed by atoms with Gasteiger partial charge in [-0.3, -0.25) is 14.9 Å². The maximum absolute atomic E-state index is 12.0. The molecule has 1 N–H and O–H groups in total. The van der Waals surface area contributed by atoms with Crippen molar-refractivity contribution in [3.63, 3.8) is 0 Å². The number of hydrogen-bond donors (Lipinski definition) is 1. The smallest absolute Gasteiger partial charge is 0.274 e. The van der Waals surface area contributed by atoms with Gasteiger partial charge in [0.25, 0.3) is 5.69 Å². The van der Waals surface area contributed by atoms with E-state index in [-0.39, 0.29) is 18.0 Å². The Morgan fingerprint density at radius 2 is 2.00 bits per heavy atom. The number of nitrogens with zero attached hydrogens (tertiary/aromatic N) is 1. The summed E-state index contributed by atoms with van der Waals surface area (Å²) in [4.78, 5) is 22.5. The van der Waals surface area contributed by atoms with Crippen LogP contribution in [0.5, 0.6) is 0 Å². The molecule has 0 saturated heterocycles. The molecular weight excluding hydrogens is 339 g/mol. The molecule has 0 aliphatic rings. The van der Waals surface area contributed by atoms with Crippen LogP contribution in [0.3, 0.4) is 0 Å². The van der Waals surface area contributed by atoms with Crippen LogP contribution in [-0.4, -0.2) is 10.8 Å². The van der Waals surface area contributed by atoms with Crippen LogP contribution in [0.15, 0.2) is 36.4 Å². The number of aryl methyl sites for hydroxylation is 1. The quantitative estimate of drug-likeness (QED) is 0.621. The second-order valence-electron chi connectivity index (χ2n) is 4.99. The van der Waals surface area contributed by atoms with Crippen LogP contribution < -0.4 is 5.32 Å². The lowest BCUT2D eigenvalue weighted by Gasteiger charge is -2.09. The number of anilines is 1. The highest BCUT2D eigenvalue weighted by Gasteiger charge is 2.15. The maximum Gasteiger partial charge on any atom is 0.274 e. The van der Waals surface area contributed by atoms with E-state index < -0.39 is 4.92 Å². The highest BCUT2D eigenvalue weighted by Crippen LogP contribution is 2.26. The van der Waals surface area contributed by atoms with E-state index in [1.807, 2.05) is 0 Å². The van der Waals surface area contributed by atoms with Gasteiger partial charge in [-0.05, 0) is 37.1 Å². The Bertz CT molecular complexity index is 763. The molecule has 2 aromatic carbocycles. The summed E-state index contributed by atoms with van der Waals surface area (Å²) in [6, 6.07) is 9.69. The first-order valence-electron chi connectivity index (χ1n) is 6.86. The summed E-state index contributed by atoms with van der Waals surface area (Å²) in [7, 11) is 0. The molecule has 2 aromatic rings. The van der Waals surface area contributed by atoms with Gasteiger partial charge in [0, 0.05) is 22.5 Å². The molecule has 0 bridgehead atoms. The van der Waals surface area contributed by atoms with Gasteiger partial charge in [-0.2, -0.15) is 0 Å². The van der Waals surface area contributed by atoms with Crippen molar-refractivity contribution in [2.24, 2.45) is 0 Å². The summed E-state index contributed by atoms with van der Waals surface area (Å²) < 4.78 is 0. The third kappa shape index (κ3) is 4.43. The summed E-state index contributed by atoms with van der Waals surface area (Å²) >= 11 is 11.9. The van der Waals surface area contributed by atoms with Crippen molar-refractivity contribution in [2.45, 2.75) is 19.8 Å². The highest BCUT2D eigenvalue weighted by atomic mass is 35.5. The normalized spacial score (nSPS) is 10.4. The van der Waals surface area contributed by atoms with Gasteiger partial charge in [0.2, 0.25) is 5.91 Å². The number of halogens is 2. The van der Waals surface area contributed by atoms with Gasteiger partial charge in [-0.15, -0.1) is 0 Å². The number of nitrogens with one attached hydrogen (secondary N) is 1. The number of rotatable bonds is 5. The van der Waals surface area contributed by atoms with Crippen molar-refractivity contribution in [1.29, 1.82) is 0 Å². The second-order valence-corrected chi connectivity index (χ2v) is 5.83. The van der Waals surface area contributed by atoms with Crippen LogP contribution in [0.1, 0.15) is 17.5 Å². The van der Waals surface area contributed by atoms with E-state index in [9.17, 15) is 14.9 Å². The average molecular weight is 353 g/mol. The lowest BCUT2D eigenvalue weighted by atomic mass is 10.1. The zero-order valence-corrected chi connectivity index (χ0v) is 13.8. The van der Waals surface area contributed by atoms with Gasteiger partial charge >= 0.3 is 0 Å². The predicted molar refractivity (Wildman–Crippen MR) is 91.2 cm³/mol. The van der Waals surface area contributed by atoms with Crippen molar-refractivity contribution >= 4 is 40.5 Å². The molecule has 7 heteroatoms. The fraction of sp³-hybridized carbons (Fsp3) is 0.188. The van der Waals surface area contributed by atoms with Gasteiger partial charge in [0.05, 0.1) is 16.2 Å². The number of carbonyl (C=O) groups is 1. The predicted octanol–water partition coefficient (Wildman–Crippen LogP) is 4.78. The molecule has 1 amide bonds. The molecule has 0 aliphatic carbocycles. The minimum Gasteiger partial charge on any atom is -0.326 e. The van der Waals surface area contributed by atoms with E-state index in [0.717, 1.165) is 5.56 Å². The minimum absolute atomic E-state index is 0.0245. The van der Waals surface area contributed by atoms with Crippen molar-refractivity contribution in [3.8, 4) is 0 Å². The number of nitro groups is 1. The van der Waals surface area contributed by atoms with Crippen molar-refractivity contribution in [1.82, 2.24) is 0 Å². The first kappa shape index (κ1) is 17.2. The molecule has 0 radical (unpaired) electrons. The molecular formula is C16H14Cl2N2O3. The number of nitro benzene ring substituents is 1. The molecule has 0 unspecified atom stereocenters. The second kappa shape index (κ2) is 7.44. The van der Waals surface area contributed by atoms with Crippen molar-refractivity contribution < 1.29 is 9.72 Å². The molecule has 0 spiro atoms. The fourth-order valence-corrected chi connectivity index (χ4v) is 2.64. The summed E-state index contributed by atoms with van der Waals surface area (Å²) in [6.45, 7) is 1.60. The molecule has 23 heavy (non-hydrogen) atoms. The Hall–Kier alpha value is -2.11. The van der Waals surface area contributed by atoms with Gasteiger partial charge < -0.3 is 5.32 Å². The van der Waals surface area contributed by atoms with E-state index in [1.165, 1.54) is 12.1 Å². The van der Waals surface area contributed by atoms with Crippen LogP contribution in [0.4, 0.5) is 11.4 Å². The van der Waals surface area contributed by atoms with Crippen LogP contribution in [0.25, 0.3) is 0 Å². The Labute approximate surface area is 143 Å². The number of hydrogen-bond acceptors (Lipinski definition) is 3. The topological polar surface area (TPSA) is 72.2 Å². The third-order valence-electron chi connectivity index (χ3n) is 3.41. The summed E-state index contributed by atoms with van der Waals surface area (Å²) in [5.41, 5.74) is 1.66. The third-order valence-corrected chi connectivity index (χ3v) is 4.00. The lowest BCUT2D eigenvalue weighted by Crippen LogP contribution is -2.13. The number of amides is 1. The first-order valence-corrected chi connectivity index (χ1v) is 7.62. The Balaban J connectivity index is 2.03. The fourth-order valence-electron chi connectivity index (χ4n) is 2.14. The maximum atomic E-state index is 12.0. The molecule has 0 aromatic heterocycles. The zero-order valence-electron chi connectivity index (χ0n) is 12.3. The number of carbonyl (C=O) groups excluding carboxylic acids is 1. The first-order chi connectivity index (χ1) is 10.9. The standard InChI is InChI=1S/C16H14Cl2N2O3/c1-10-14(3-2-4-15(10)20(22)23)19-16(21)8-6-11-5-7-12(17)9-13(11)18/h2-5,7,9H,6,8H2,1H3,(H,19,21). The van der Waals surface area contributed by atoms with Crippen molar-refractivity contribution in [2.75, 3.05) is 5.32 Å². The zero-order chi connectivity index (χ0) is 17.0. The van der Waals surface area contributed by atoms with E-state index >= 15 is 0 Å². The SMILES string of the molecule is Cc1c(NC(=O)CCc2ccc(Cl)cc2Cl)cccc1[N+](=O)[O-]. The van der Waals surface area contributed by atoms with E-state index in [0.29, 0.717) is 27.7 Å². The molecule has 0 saturated carbocycles. The minimum atomic E-state index is -0.474. The van der Waals surface area contributed by atoms with Gasteiger partial charge in [0.15, 0.2) is 0 Å². The largest absolute Gasteiger partial charge is 0.326 e. The van der Waals surface area contributed by atoms with E-state index in [2.05, 4.69) is 5.32 Å². The van der Waals surface area contributed by atoms with Crippen LogP contribution in [-0.2, 0) is 11.2 Å². The molecule has 2 rings (SSSR count). The summed E-state index contributed by atoms with van der Waals surface area (Å²) in [6.07, 6.45) is 0.666. The molecule has 0 atom stereocenters. The summed E-state index contributed by atoms with van der Waals surface area (Å²) in [5.74, 6) is -0.236. The Kier molecular flexibility index (Phi) is 5.58. The average Bonchev–Trinajstić information content (AvgIpc) is 2.48. The van der Waals surface area contributed by atoms with Crippen LogP contribution in [0.2, 0.25) is 10.0 Å². The monoisotopic (exact) mass is 352 g/mol.